The first-order chi connectivity index (χ1) is 7.82. The summed E-state index contributed by atoms with van der Waals surface area (Å²) in [4.78, 5) is 12.7. The summed E-state index contributed by atoms with van der Waals surface area (Å²) in [6.45, 7) is 5.54. The van der Waals surface area contributed by atoms with Crippen LogP contribution in [-0.4, -0.2) is 21.6 Å². The van der Waals surface area contributed by atoms with E-state index in [1.54, 1.807) is 12.1 Å². The van der Waals surface area contributed by atoms with E-state index in [-0.39, 0.29) is 11.9 Å². The lowest BCUT2D eigenvalue weighted by Crippen LogP contribution is -2.50. The van der Waals surface area contributed by atoms with Gasteiger partial charge in [0.05, 0.1) is 6.04 Å². The van der Waals surface area contributed by atoms with Crippen LogP contribution in [0.5, 0.6) is 0 Å². The van der Waals surface area contributed by atoms with Gasteiger partial charge in [-0.15, -0.1) is 0 Å². The molecule has 0 aliphatic heterocycles. The van der Waals surface area contributed by atoms with E-state index < -0.39 is 11.6 Å². The van der Waals surface area contributed by atoms with Crippen LogP contribution in [0, 0.1) is 5.82 Å². The molecule has 1 aromatic rings. The first kappa shape index (κ1) is 11.9. The first-order valence-electron chi connectivity index (χ1n) is 5.62. The van der Waals surface area contributed by atoms with E-state index in [1.807, 2.05) is 20.8 Å². The lowest BCUT2D eigenvalue weighted by molar-refractivity contribution is 0.0613. The lowest BCUT2D eigenvalue weighted by Gasteiger charge is -2.45. The smallest absolute Gasteiger partial charge is 0.408 e. The molecule has 0 saturated carbocycles. The normalized spacial score (nSPS) is 18.2. The van der Waals surface area contributed by atoms with Gasteiger partial charge < -0.3 is 5.11 Å². The van der Waals surface area contributed by atoms with Gasteiger partial charge in [0.2, 0.25) is 0 Å². The van der Waals surface area contributed by atoms with Gasteiger partial charge in [0, 0.05) is 12.0 Å². The van der Waals surface area contributed by atoms with Gasteiger partial charge in [-0.3, -0.25) is 4.90 Å². The van der Waals surface area contributed by atoms with Gasteiger partial charge in [-0.2, -0.15) is 0 Å². The molecule has 0 bridgehead atoms. The van der Waals surface area contributed by atoms with Crippen LogP contribution in [0.15, 0.2) is 18.2 Å². The van der Waals surface area contributed by atoms with Crippen molar-refractivity contribution in [2.75, 3.05) is 0 Å². The SMILES string of the molecule is CC(C)(C)N(C(=O)O)C1Cc2c(F)cccc21. The van der Waals surface area contributed by atoms with Crippen molar-refractivity contribution < 1.29 is 14.3 Å². The molecule has 17 heavy (non-hydrogen) atoms. The Kier molecular flexibility index (Phi) is 2.60. The number of halogens is 1. The fourth-order valence-electron chi connectivity index (χ4n) is 2.39. The Balaban J connectivity index is 2.35. The zero-order valence-corrected chi connectivity index (χ0v) is 10.2. The Bertz CT molecular complexity index is 465. The molecule has 1 aliphatic rings. The predicted molar refractivity (Wildman–Crippen MR) is 62.5 cm³/mol. The topological polar surface area (TPSA) is 40.5 Å². The van der Waals surface area contributed by atoms with Crippen molar-refractivity contribution in [3.8, 4) is 0 Å². The van der Waals surface area contributed by atoms with Crippen molar-refractivity contribution in [3.05, 3.63) is 35.1 Å². The van der Waals surface area contributed by atoms with Gasteiger partial charge in [-0.1, -0.05) is 12.1 Å². The first-order valence-corrected chi connectivity index (χ1v) is 5.62. The molecule has 4 heteroatoms. The van der Waals surface area contributed by atoms with E-state index in [0.29, 0.717) is 12.0 Å². The minimum Gasteiger partial charge on any atom is -0.465 e. The summed E-state index contributed by atoms with van der Waals surface area (Å²) < 4.78 is 13.4. The van der Waals surface area contributed by atoms with Crippen LogP contribution in [0.3, 0.4) is 0 Å². The molecule has 1 aliphatic carbocycles. The van der Waals surface area contributed by atoms with E-state index in [1.165, 1.54) is 11.0 Å². The van der Waals surface area contributed by atoms with Crippen molar-refractivity contribution >= 4 is 6.09 Å². The zero-order chi connectivity index (χ0) is 12.8. The van der Waals surface area contributed by atoms with E-state index in [0.717, 1.165) is 5.56 Å². The zero-order valence-electron chi connectivity index (χ0n) is 10.2. The maximum absolute atomic E-state index is 13.4. The fraction of sp³-hybridized carbons (Fsp3) is 0.462. The van der Waals surface area contributed by atoms with Crippen LogP contribution in [0.4, 0.5) is 9.18 Å². The molecular formula is C13H16FNO2. The molecule has 0 aromatic heterocycles. The van der Waals surface area contributed by atoms with Gasteiger partial charge in [0.1, 0.15) is 5.82 Å². The third kappa shape index (κ3) is 1.88. The van der Waals surface area contributed by atoms with Crippen LogP contribution in [-0.2, 0) is 6.42 Å². The molecule has 0 spiro atoms. The van der Waals surface area contributed by atoms with E-state index in [2.05, 4.69) is 0 Å². The molecule has 3 nitrogen and oxygen atoms in total. The summed E-state index contributed by atoms with van der Waals surface area (Å²) in [7, 11) is 0. The van der Waals surface area contributed by atoms with Gasteiger partial charge in [0.15, 0.2) is 0 Å². The molecule has 92 valence electrons. The molecule has 0 heterocycles. The Morgan fingerprint density at radius 3 is 2.65 bits per heavy atom. The third-order valence-electron chi connectivity index (χ3n) is 3.15. The van der Waals surface area contributed by atoms with Crippen molar-refractivity contribution in [3.63, 3.8) is 0 Å². The molecule has 1 aromatic carbocycles. The summed E-state index contributed by atoms with van der Waals surface area (Å²) in [6.07, 6.45) is -0.497. The van der Waals surface area contributed by atoms with E-state index in [4.69, 9.17) is 0 Å². The molecule has 1 unspecified atom stereocenters. The monoisotopic (exact) mass is 237 g/mol. The molecule has 1 amide bonds. The Morgan fingerprint density at radius 1 is 1.47 bits per heavy atom. The predicted octanol–water partition coefficient (Wildman–Crippen LogP) is 3.20. The number of hydrogen-bond acceptors (Lipinski definition) is 1. The lowest BCUT2D eigenvalue weighted by atomic mass is 9.80. The number of carboxylic acid groups (broad SMARTS) is 1. The molecule has 2 rings (SSSR count). The number of benzene rings is 1. The fourth-order valence-corrected chi connectivity index (χ4v) is 2.39. The van der Waals surface area contributed by atoms with Crippen molar-refractivity contribution in [1.29, 1.82) is 0 Å². The highest BCUT2D eigenvalue weighted by atomic mass is 19.1. The molecule has 1 N–H and O–H groups in total. The second-order valence-electron chi connectivity index (χ2n) is 5.35. The van der Waals surface area contributed by atoms with Crippen molar-refractivity contribution in [2.45, 2.75) is 38.8 Å². The van der Waals surface area contributed by atoms with Gasteiger partial charge >= 0.3 is 6.09 Å². The molecule has 0 fully saturated rings. The highest BCUT2D eigenvalue weighted by Gasteiger charge is 2.41. The van der Waals surface area contributed by atoms with Crippen molar-refractivity contribution in [2.24, 2.45) is 0 Å². The summed E-state index contributed by atoms with van der Waals surface area (Å²) in [5, 5.41) is 9.27. The standard InChI is InChI=1S/C13H16FNO2/c1-13(2,3)15(12(16)17)11-7-9-8(11)5-4-6-10(9)14/h4-6,11H,7H2,1-3H3,(H,16,17). The highest BCUT2D eigenvalue weighted by molar-refractivity contribution is 5.68. The number of rotatable bonds is 1. The van der Waals surface area contributed by atoms with E-state index >= 15 is 0 Å². The summed E-state index contributed by atoms with van der Waals surface area (Å²) >= 11 is 0. The van der Waals surface area contributed by atoms with E-state index in [9.17, 15) is 14.3 Å². The Labute approximate surface area is 99.9 Å². The highest BCUT2D eigenvalue weighted by Crippen LogP contribution is 2.42. The minimum absolute atomic E-state index is 0.224. The third-order valence-corrected chi connectivity index (χ3v) is 3.15. The largest absolute Gasteiger partial charge is 0.465 e. The number of amides is 1. The van der Waals surface area contributed by atoms with Crippen LogP contribution in [0.25, 0.3) is 0 Å². The Hall–Kier alpha value is -1.58. The van der Waals surface area contributed by atoms with Gasteiger partial charge in [-0.05, 0) is 38.0 Å². The van der Waals surface area contributed by atoms with Crippen LogP contribution in [0.1, 0.15) is 37.9 Å². The number of hydrogen-bond donors (Lipinski definition) is 1. The average Bonchev–Trinajstić information content (AvgIpc) is 2.14. The van der Waals surface area contributed by atoms with Crippen LogP contribution >= 0.6 is 0 Å². The van der Waals surface area contributed by atoms with Crippen LogP contribution in [0.2, 0.25) is 0 Å². The summed E-state index contributed by atoms with van der Waals surface area (Å²) in [5.74, 6) is -0.238. The number of fused-ring (bicyclic) bond motifs is 1. The average molecular weight is 237 g/mol. The minimum atomic E-state index is -0.961. The second kappa shape index (κ2) is 3.72. The number of carbonyl (C=O) groups is 1. The van der Waals surface area contributed by atoms with Gasteiger partial charge in [0.25, 0.3) is 0 Å². The molecule has 1 atom stereocenters. The molecule has 0 radical (unpaired) electrons. The molecule has 0 saturated heterocycles. The maximum atomic E-state index is 13.4. The Morgan fingerprint density at radius 2 is 2.12 bits per heavy atom. The number of nitrogens with zero attached hydrogens (tertiary/aromatic N) is 1. The molecular weight excluding hydrogens is 221 g/mol. The van der Waals surface area contributed by atoms with Gasteiger partial charge in [-0.25, -0.2) is 9.18 Å². The van der Waals surface area contributed by atoms with Crippen molar-refractivity contribution in [1.82, 2.24) is 4.90 Å². The second-order valence-corrected chi connectivity index (χ2v) is 5.35. The summed E-state index contributed by atoms with van der Waals surface area (Å²) in [6, 6.07) is 4.62. The quantitative estimate of drug-likeness (QED) is 0.814. The summed E-state index contributed by atoms with van der Waals surface area (Å²) in [5.41, 5.74) is 0.955. The van der Waals surface area contributed by atoms with Crippen LogP contribution < -0.4 is 0 Å². The maximum Gasteiger partial charge on any atom is 0.408 e.